The van der Waals surface area contributed by atoms with E-state index in [2.05, 4.69) is 15.5 Å². The minimum atomic E-state index is -0.402. The molecule has 6 nitrogen and oxygen atoms in total. The molecule has 0 bridgehead atoms. The first-order valence-electron chi connectivity index (χ1n) is 9.38. The molecule has 2 heterocycles. The van der Waals surface area contributed by atoms with E-state index in [1.807, 2.05) is 35.2 Å². The fourth-order valence-electron chi connectivity index (χ4n) is 3.48. The molecule has 1 aromatic heterocycles. The zero-order valence-corrected chi connectivity index (χ0v) is 15.3. The summed E-state index contributed by atoms with van der Waals surface area (Å²) in [7, 11) is 0. The Labute approximate surface area is 162 Å². The van der Waals surface area contributed by atoms with E-state index in [4.69, 9.17) is 4.42 Å². The van der Waals surface area contributed by atoms with Crippen molar-refractivity contribution < 1.29 is 13.6 Å². The number of aromatic nitrogens is 2. The number of rotatable bonds is 5. The average Bonchev–Trinajstić information content (AvgIpc) is 3.19. The predicted octanol–water partition coefficient (Wildman–Crippen LogP) is 4.04. The summed E-state index contributed by atoms with van der Waals surface area (Å²) in [6.45, 7) is 1.00. The third-order valence-electron chi connectivity index (χ3n) is 4.85. The Kier molecular flexibility index (Phi) is 5.43. The highest BCUT2D eigenvalue weighted by Crippen LogP contribution is 2.32. The number of piperidine rings is 1. The Balaban J connectivity index is 1.48. The lowest BCUT2D eigenvalue weighted by Crippen LogP contribution is -2.39. The number of carbonyl (C=O) groups excluding carboxylic acids is 1. The minimum absolute atomic E-state index is 0.0908. The largest absolute Gasteiger partial charge is 0.419 e. The number of nitrogens with zero attached hydrogens (tertiary/aromatic N) is 3. The van der Waals surface area contributed by atoms with Crippen LogP contribution in [0.5, 0.6) is 0 Å². The molecule has 28 heavy (non-hydrogen) atoms. The van der Waals surface area contributed by atoms with Crippen LogP contribution >= 0.6 is 0 Å². The second-order valence-electron chi connectivity index (χ2n) is 6.82. The molecule has 1 aliphatic rings. The summed E-state index contributed by atoms with van der Waals surface area (Å²) in [5.41, 5.74) is 1.05. The van der Waals surface area contributed by atoms with Gasteiger partial charge in [0, 0.05) is 5.69 Å². The van der Waals surface area contributed by atoms with Gasteiger partial charge in [0.2, 0.25) is 11.8 Å². The first kappa shape index (κ1) is 18.3. The molecule has 1 amide bonds. The van der Waals surface area contributed by atoms with Crippen molar-refractivity contribution in [1.29, 1.82) is 0 Å². The SMILES string of the molecule is O=C(CN1CCCCC1c1nnc(-c2ccccc2F)o1)Nc1ccccc1. The number of benzene rings is 2. The van der Waals surface area contributed by atoms with Crippen molar-refractivity contribution in [3.05, 3.63) is 66.3 Å². The highest BCUT2D eigenvalue weighted by atomic mass is 19.1. The number of likely N-dealkylation sites (tertiary alicyclic amines) is 1. The fraction of sp³-hybridized carbons (Fsp3) is 0.286. The van der Waals surface area contributed by atoms with Gasteiger partial charge in [-0.15, -0.1) is 10.2 Å². The number of carbonyl (C=O) groups is 1. The molecule has 7 heteroatoms. The van der Waals surface area contributed by atoms with Gasteiger partial charge in [0.15, 0.2) is 0 Å². The Bertz CT molecular complexity index is 944. The Morgan fingerprint density at radius 1 is 1.11 bits per heavy atom. The van der Waals surface area contributed by atoms with Crippen LogP contribution in [0.15, 0.2) is 59.0 Å². The summed E-state index contributed by atoms with van der Waals surface area (Å²) < 4.78 is 19.8. The van der Waals surface area contributed by atoms with Crippen molar-refractivity contribution >= 4 is 11.6 Å². The third-order valence-corrected chi connectivity index (χ3v) is 4.85. The molecule has 144 valence electrons. The number of amides is 1. The molecule has 1 unspecified atom stereocenters. The molecule has 3 aromatic rings. The van der Waals surface area contributed by atoms with Gasteiger partial charge in [-0.05, 0) is 43.7 Å². The maximum Gasteiger partial charge on any atom is 0.250 e. The third kappa shape index (κ3) is 4.09. The lowest BCUT2D eigenvalue weighted by molar-refractivity contribution is -0.118. The second kappa shape index (κ2) is 8.31. The molecule has 2 aromatic carbocycles. The standard InChI is InChI=1S/C21H21FN4O2/c22-17-11-5-4-10-16(17)20-24-25-21(28-20)18-12-6-7-13-26(18)14-19(27)23-15-8-2-1-3-9-15/h1-5,8-11,18H,6-7,12-14H2,(H,23,27). The van der Waals surface area contributed by atoms with E-state index in [0.717, 1.165) is 31.5 Å². The van der Waals surface area contributed by atoms with Gasteiger partial charge in [0.25, 0.3) is 5.89 Å². The van der Waals surface area contributed by atoms with E-state index < -0.39 is 5.82 Å². The number of anilines is 1. The summed E-state index contributed by atoms with van der Waals surface area (Å²) in [5, 5.41) is 11.1. The molecule has 4 rings (SSSR count). The average molecular weight is 380 g/mol. The molecule has 0 saturated carbocycles. The zero-order valence-electron chi connectivity index (χ0n) is 15.3. The summed E-state index contributed by atoms with van der Waals surface area (Å²) in [4.78, 5) is 14.5. The van der Waals surface area contributed by atoms with Gasteiger partial charge >= 0.3 is 0 Å². The van der Waals surface area contributed by atoms with Crippen LogP contribution in [0, 0.1) is 5.82 Å². The predicted molar refractivity (Wildman–Crippen MR) is 103 cm³/mol. The minimum Gasteiger partial charge on any atom is -0.419 e. The molecule has 1 aliphatic heterocycles. The summed E-state index contributed by atoms with van der Waals surface area (Å²) >= 11 is 0. The monoisotopic (exact) mass is 380 g/mol. The van der Waals surface area contributed by atoms with Crippen LogP contribution < -0.4 is 5.32 Å². The van der Waals surface area contributed by atoms with E-state index in [-0.39, 0.29) is 29.9 Å². The summed E-state index contributed by atoms with van der Waals surface area (Å²) in [6, 6.07) is 15.5. The van der Waals surface area contributed by atoms with E-state index >= 15 is 0 Å². The lowest BCUT2D eigenvalue weighted by atomic mass is 10.0. The lowest BCUT2D eigenvalue weighted by Gasteiger charge is -2.32. The molecule has 1 N–H and O–H groups in total. The molecule has 1 atom stereocenters. The van der Waals surface area contributed by atoms with Crippen LogP contribution in [-0.4, -0.2) is 34.1 Å². The van der Waals surface area contributed by atoms with Gasteiger partial charge in [0.1, 0.15) is 5.82 Å². The van der Waals surface area contributed by atoms with Crippen molar-refractivity contribution in [3.8, 4) is 11.5 Å². The van der Waals surface area contributed by atoms with Crippen molar-refractivity contribution in [3.63, 3.8) is 0 Å². The van der Waals surface area contributed by atoms with Gasteiger partial charge < -0.3 is 9.73 Å². The number of nitrogens with one attached hydrogen (secondary N) is 1. The van der Waals surface area contributed by atoms with Gasteiger partial charge in [-0.25, -0.2) is 4.39 Å². The van der Waals surface area contributed by atoms with Crippen LogP contribution in [0.2, 0.25) is 0 Å². The molecule has 0 radical (unpaired) electrons. The van der Waals surface area contributed by atoms with Crippen LogP contribution in [0.1, 0.15) is 31.2 Å². The summed E-state index contributed by atoms with van der Waals surface area (Å²) in [5.74, 6) is 0.0882. The van der Waals surface area contributed by atoms with Gasteiger partial charge in [-0.2, -0.15) is 0 Å². The maximum atomic E-state index is 14.0. The highest BCUT2D eigenvalue weighted by molar-refractivity contribution is 5.92. The Morgan fingerprint density at radius 3 is 2.71 bits per heavy atom. The zero-order chi connectivity index (χ0) is 19.3. The maximum absolute atomic E-state index is 14.0. The van der Waals surface area contributed by atoms with Crippen LogP contribution in [0.4, 0.5) is 10.1 Å². The molecular weight excluding hydrogens is 359 g/mol. The Morgan fingerprint density at radius 2 is 1.89 bits per heavy atom. The fourth-order valence-corrected chi connectivity index (χ4v) is 3.48. The normalized spacial score (nSPS) is 17.4. The van der Waals surface area contributed by atoms with Gasteiger partial charge in [-0.1, -0.05) is 36.8 Å². The molecule has 0 aliphatic carbocycles. The number of hydrogen-bond donors (Lipinski definition) is 1. The van der Waals surface area contributed by atoms with E-state index in [0.29, 0.717) is 5.89 Å². The van der Waals surface area contributed by atoms with Crippen molar-refractivity contribution in [2.75, 3.05) is 18.4 Å². The molecular formula is C21H21FN4O2. The first-order chi connectivity index (χ1) is 13.7. The Hall–Kier alpha value is -3.06. The van der Waals surface area contributed by atoms with Crippen LogP contribution in [-0.2, 0) is 4.79 Å². The quantitative estimate of drug-likeness (QED) is 0.723. The van der Waals surface area contributed by atoms with E-state index in [1.54, 1.807) is 18.2 Å². The summed E-state index contributed by atoms with van der Waals surface area (Å²) in [6.07, 6.45) is 2.83. The number of halogens is 1. The van der Waals surface area contributed by atoms with Crippen molar-refractivity contribution in [1.82, 2.24) is 15.1 Å². The van der Waals surface area contributed by atoms with Crippen molar-refractivity contribution in [2.24, 2.45) is 0 Å². The van der Waals surface area contributed by atoms with Gasteiger partial charge in [-0.3, -0.25) is 9.69 Å². The molecule has 0 spiro atoms. The number of hydrogen-bond acceptors (Lipinski definition) is 5. The van der Waals surface area contributed by atoms with Crippen molar-refractivity contribution in [2.45, 2.75) is 25.3 Å². The van der Waals surface area contributed by atoms with Crippen LogP contribution in [0.3, 0.4) is 0 Å². The second-order valence-corrected chi connectivity index (χ2v) is 6.82. The van der Waals surface area contributed by atoms with E-state index in [9.17, 15) is 9.18 Å². The number of para-hydroxylation sites is 1. The topological polar surface area (TPSA) is 71.3 Å². The molecule has 1 saturated heterocycles. The van der Waals surface area contributed by atoms with Gasteiger partial charge in [0.05, 0.1) is 18.2 Å². The first-order valence-corrected chi connectivity index (χ1v) is 9.38. The highest BCUT2D eigenvalue weighted by Gasteiger charge is 2.30. The van der Waals surface area contributed by atoms with Crippen LogP contribution in [0.25, 0.3) is 11.5 Å². The molecule has 1 fully saturated rings. The van der Waals surface area contributed by atoms with E-state index in [1.165, 1.54) is 6.07 Å². The smallest absolute Gasteiger partial charge is 0.250 e.